The van der Waals surface area contributed by atoms with Crippen molar-refractivity contribution in [1.82, 2.24) is 14.8 Å². The second kappa shape index (κ2) is 8.58. The molecule has 0 saturated heterocycles. The summed E-state index contributed by atoms with van der Waals surface area (Å²) in [7, 11) is 2.98. The zero-order valence-corrected chi connectivity index (χ0v) is 15.0. The number of thioether (sulfide) groups is 1. The number of rotatable bonds is 8. The maximum absolute atomic E-state index is 11.6. The minimum atomic E-state index is -0.350. The van der Waals surface area contributed by atoms with Crippen LogP contribution in [0.5, 0.6) is 11.5 Å². The van der Waals surface area contributed by atoms with Crippen LogP contribution in [0.25, 0.3) is 0 Å². The third kappa shape index (κ3) is 4.41. The summed E-state index contributed by atoms with van der Waals surface area (Å²) >= 11 is 1.32. The van der Waals surface area contributed by atoms with E-state index in [1.807, 2.05) is 35.8 Å². The first-order valence-corrected chi connectivity index (χ1v) is 8.40. The van der Waals surface area contributed by atoms with Crippen molar-refractivity contribution in [3.63, 3.8) is 0 Å². The number of esters is 1. The molecular weight excluding hydrogens is 330 g/mol. The van der Waals surface area contributed by atoms with E-state index in [-0.39, 0.29) is 17.8 Å². The Hall–Kier alpha value is -2.22. The molecule has 0 saturated carbocycles. The highest BCUT2D eigenvalue weighted by Crippen LogP contribution is 2.24. The molecule has 2 rings (SSSR count). The van der Waals surface area contributed by atoms with Gasteiger partial charge in [0.05, 0.1) is 14.2 Å². The van der Waals surface area contributed by atoms with Gasteiger partial charge in [0.1, 0.15) is 23.4 Å². The predicted molar refractivity (Wildman–Crippen MR) is 90.4 cm³/mol. The van der Waals surface area contributed by atoms with E-state index in [9.17, 15) is 4.79 Å². The third-order valence-electron chi connectivity index (χ3n) is 3.33. The van der Waals surface area contributed by atoms with Gasteiger partial charge >= 0.3 is 5.97 Å². The number of hydrogen-bond donors (Lipinski definition) is 0. The Morgan fingerprint density at radius 3 is 2.71 bits per heavy atom. The molecule has 0 aliphatic heterocycles. The predicted octanol–water partition coefficient (Wildman–Crippen LogP) is 2.54. The molecule has 0 unspecified atom stereocenters. The van der Waals surface area contributed by atoms with Gasteiger partial charge in [-0.05, 0) is 26.0 Å². The van der Waals surface area contributed by atoms with Gasteiger partial charge in [-0.15, -0.1) is 10.2 Å². The van der Waals surface area contributed by atoms with Crippen molar-refractivity contribution >= 4 is 17.7 Å². The molecule has 0 spiro atoms. The Bertz CT molecular complexity index is 690. The average Bonchev–Trinajstić information content (AvgIpc) is 3.00. The van der Waals surface area contributed by atoms with Crippen molar-refractivity contribution in [2.75, 3.05) is 14.2 Å². The summed E-state index contributed by atoms with van der Waals surface area (Å²) in [6, 6.07) is 7.37. The first kappa shape index (κ1) is 18.1. The fourth-order valence-corrected chi connectivity index (χ4v) is 3.00. The Balaban J connectivity index is 2.06. The van der Waals surface area contributed by atoms with Gasteiger partial charge in [-0.2, -0.15) is 0 Å². The standard InChI is InChI=1S/C16H21N3O4S/c1-5-19-14(10-23-13-8-6-7-12(9-13)21-3)17-18-16(19)24-11(2)15(20)22-4/h6-9,11H,5,10H2,1-4H3/t11-/m0/s1. The summed E-state index contributed by atoms with van der Waals surface area (Å²) in [5.74, 6) is 1.82. The van der Waals surface area contributed by atoms with Crippen LogP contribution in [0, 0.1) is 0 Å². The van der Waals surface area contributed by atoms with Crippen molar-refractivity contribution in [1.29, 1.82) is 0 Å². The molecule has 1 aromatic carbocycles. The van der Waals surface area contributed by atoms with Crippen LogP contribution in [0.15, 0.2) is 29.4 Å². The van der Waals surface area contributed by atoms with Crippen LogP contribution >= 0.6 is 11.8 Å². The Morgan fingerprint density at radius 2 is 2.04 bits per heavy atom. The lowest BCUT2D eigenvalue weighted by Gasteiger charge is -2.11. The van der Waals surface area contributed by atoms with E-state index in [1.165, 1.54) is 18.9 Å². The molecule has 0 N–H and O–H groups in total. The fourth-order valence-electron chi connectivity index (χ4n) is 2.04. The topological polar surface area (TPSA) is 75.5 Å². The zero-order valence-electron chi connectivity index (χ0n) is 14.2. The maximum atomic E-state index is 11.6. The molecule has 7 nitrogen and oxygen atoms in total. The highest BCUT2D eigenvalue weighted by molar-refractivity contribution is 8.00. The van der Waals surface area contributed by atoms with E-state index >= 15 is 0 Å². The van der Waals surface area contributed by atoms with Gasteiger partial charge in [-0.1, -0.05) is 17.8 Å². The zero-order chi connectivity index (χ0) is 17.5. The van der Waals surface area contributed by atoms with Crippen LogP contribution in [-0.4, -0.2) is 40.2 Å². The molecule has 0 aliphatic carbocycles. The second-order valence-electron chi connectivity index (χ2n) is 4.89. The van der Waals surface area contributed by atoms with E-state index in [0.29, 0.717) is 23.3 Å². The molecule has 0 fully saturated rings. The third-order valence-corrected chi connectivity index (χ3v) is 4.39. The van der Waals surface area contributed by atoms with Gasteiger partial charge in [0.25, 0.3) is 0 Å². The molecule has 1 heterocycles. The lowest BCUT2D eigenvalue weighted by molar-refractivity contribution is -0.139. The Kier molecular flexibility index (Phi) is 6.48. The summed E-state index contributed by atoms with van der Waals surface area (Å²) in [5.41, 5.74) is 0. The molecule has 0 radical (unpaired) electrons. The molecule has 8 heteroatoms. The quantitative estimate of drug-likeness (QED) is 0.534. The van der Waals surface area contributed by atoms with E-state index in [0.717, 1.165) is 5.75 Å². The number of methoxy groups -OCH3 is 2. The summed E-state index contributed by atoms with van der Waals surface area (Å²) in [6.45, 7) is 4.73. The van der Waals surface area contributed by atoms with E-state index in [4.69, 9.17) is 14.2 Å². The molecule has 0 aliphatic rings. The molecule has 0 bridgehead atoms. The number of carbonyl (C=O) groups excluding carboxylic acids is 1. The first-order chi connectivity index (χ1) is 11.6. The summed E-state index contributed by atoms with van der Waals surface area (Å²) in [6.07, 6.45) is 0. The van der Waals surface area contributed by atoms with E-state index < -0.39 is 0 Å². The SMILES string of the molecule is CCn1c(COc2cccc(OC)c2)nnc1S[C@@H](C)C(=O)OC. The molecule has 2 aromatic rings. The molecule has 130 valence electrons. The summed E-state index contributed by atoms with van der Waals surface area (Å²) < 4.78 is 17.6. The molecule has 1 aromatic heterocycles. The lowest BCUT2D eigenvalue weighted by Crippen LogP contribution is -2.16. The molecular formula is C16H21N3O4S. The molecule has 1 atom stereocenters. The minimum absolute atomic E-state index is 0.279. The van der Waals surface area contributed by atoms with Gasteiger partial charge in [0.2, 0.25) is 0 Å². The maximum Gasteiger partial charge on any atom is 0.318 e. The summed E-state index contributed by atoms with van der Waals surface area (Å²) in [4.78, 5) is 11.6. The Labute approximate surface area is 145 Å². The van der Waals surface area contributed by atoms with Crippen LogP contribution < -0.4 is 9.47 Å². The van der Waals surface area contributed by atoms with Crippen LogP contribution in [0.1, 0.15) is 19.7 Å². The number of nitrogens with zero attached hydrogens (tertiary/aromatic N) is 3. The van der Waals surface area contributed by atoms with Gasteiger partial charge in [-0.3, -0.25) is 4.79 Å². The van der Waals surface area contributed by atoms with Crippen molar-refractivity contribution in [3.8, 4) is 11.5 Å². The number of hydrogen-bond acceptors (Lipinski definition) is 7. The molecule has 24 heavy (non-hydrogen) atoms. The van der Waals surface area contributed by atoms with Crippen molar-refractivity contribution in [3.05, 3.63) is 30.1 Å². The van der Waals surface area contributed by atoms with Crippen LogP contribution in [0.2, 0.25) is 0 Å². The smallest absolute Gasteiger partial charge is 0.318 e. The van der Waals surface area contributed by atoms with Crippen molar-refractivity contribution in [2.24, 2.45) is 0 Å². The summed E-state index contributed by atoms with van der Waals surface area (Å²) in [5, 5.41) is 8.64. The van der Waals surface area contributed by atoms with Gasteiger partial charge in [0.15, 0.2) is 11.0 Å². The monoisotopic (exact) mass is 351 g/mol. The van der Waals surface area contributed by atoms with Gasteiger partial charge < -0.3 is 18.8 Å². The average molecular weight is 351 g/mol. The highest BCUT2D eigenvalue weighted by Gasteiger charge is 2.20. The number of ether oxygens (including phenoxy) is 3. The largest absolute Gasteiger partial charge is 0.497 e. The second-order valence-corrected chi connectivity index (χ2v) is 6.20. The number of benzene rings is 1. The van der Waals surface area contributed by atoms with E-state index in [1.54, 1.807) is 14.0 Å². The van der Waals surface area contributed by atoms with Crippen LogP contribution in [-0.2, 0) is 22.7 Å². The van der Waals surface area contributed by atoms with Crippen molar-refractivity contribution in [2.45, 2.75) is 37.4 Å². The minimum Gasteiger partial charge on any atom is -0.497 e. The van der Waals surface area contributed by atoms with Gasteiger partial charge in [0, 0.05) is 12.6 Å². The fraction of sp³-hybridized carbons (Fsp3) is 0.438. The number of aromatic nitrogens is 3. The molecule has 0 amide bonds. The first-order valence-electron chi connectivity index (χ1n) is 7.52. The van der Waals surface area contributed by atoms with Crippen LogP contribution in [0.3, 0.4) is 0 Å². The van der Waals surface area contributed by atoms with Gasteiger partial charge in [-0.25, -0.2) is 0 Å². The Morgan fingerprint density at radius 1 is 1.29 bits per heavy atom. The van der Waals surface area contributed by atoms with Crippen molar-refractivity contribution < 1.29 is 19.0 Å². The van der Waals surface area contributed by atoms with E-state index in [2.05, 4.69) is 10.2 Å². The van der Waals surface area contributed by atoms with Crippen LogP contribution in [0.4, 0.5) is 0 Å². The normalized spacial score (nSPS) is 11.8. The number of carbonyl (C=O) groups is 1. The lowest BCUT2D eigenvalue weighted by atomic mass is 10.3. The highest BCUT2D eigenvalue weighted by atomic mass is 32.2.